The Kier molecular flexibility index (Phi) is 3.53. The summed E-state index contributed by atoms with van der Waals surface area (Å²) < 4.78 is 13.6. The molecule has 0 heterocycles. The molecule has 2 aromatic carbocycles. The zero-order chi connectivity index (χ0) is 14.0. The fraction of sp³-hybridized carbons (Fsp3) is 0.267. The van der Waals surface area contributed by atoms with Crippen LogP contribution in [0.5, 0.6) is 0 Å². The van der Waals surface area contributed by atoms with Crippen LogP contribution in [0.4, 0.5) is 4.39 Å². The maximum atomic E-state index is 13.6. The minimum atomic E-state index is -0.481. The molecule has 2 aromatic rings. The first-order valence-electron chi connectivity index (χ1n) is 6.04. The highest BCUT2D eigenvalue weighted by atomic mass is 19.1. The lowest BCUT2D eigenvalue weighted by molar-refractivity contribution is -0.0589. The molecule has 100 valence electrons. The highest BCUT2D eigenvalue weighted by Crippen LogP contribution is 2.21. The van der Waals surface area contributed by atoms with E-state index in [0.717, 1.165) is 0 Å². The number of carbonyl (C=O) groups excluding carboxylic acids is 1. The normalized spacial score (nSPS) is 11.6. The fourth-order valence-corrected chi connectivity index (χ4v) is 1.71. The van der Waals surface area contributed by atoms with E-state index in [0.29, 0.717) is 16.3 Å². The summed E-state index contributed by atoms with van der Waals surface area (Å²) in [6.07, 6.45) is 0. The summed E-state index contributed by atoms with van der Waals surface area (Å²) in [6.45, 7) is 5.49. The Labute approximate surface area is 111 Å². The van der Waals surface area contributed by atoms with Gasteiger partial charge in [-0.1, -0.05) is 24.3 Å². The van der Waals surface area contributed by atoms with E-state index in [-0.39, 0.29) is 11.7 Å². The van der Waals surface area contributed by atoms with Gasteiger partial charge in [0.15, 0.2) is 0 Å². The number of benzene rings is 2. The number of fused-ring (bicyclic) bond motifs is 1. The first-order chi connectivity index (χ1) is 8.88. The molecule has 0 spiro atoms. The third-order valence-electron chi connectivity index (χ3n) is 2.57. The molecule has 0 aromatic heterocycles. The molecule has 4 heteroatoms. The van der Waals surface area contributed by atoms with Crippen LogP contribution in [0.3, 0.4) is 0 Å². The monoisotopic (exact) mass is 261 g/mol. The van der Waals surface area contributed by atoms with Crippen molar-refractivity contribution in [3.8, 4) is 0 Å². The van der Waals surface area contributed by atoms with Crippen molar-refractivity contribution in [3.05, 3.63) is 47.8 Å². The summed E-state index contributed by atoms with van der Waals surface area (Å²) in [6, 6.07) is 9.60. The van der Waals surface area contributed by atoms with Crippen molar-refractivity contribution in [1.29, 1.82) is 0 Å². The topological polar surface area (TPSA) is 38.3 Å². The molecule has 0 bridgehead atoms. The van der Waals surface area contributed by atoms with Gasteiger partial charge in [0.05, 0.1) is 5.60 Å². The van der Waals surface area contributed by atoms with Crippen molar-refractivity contribution >= 4 is 16.7 Å². The molecule has 0 fully saturated rings. The van der Waals surface area contributed by atoms with Crippen LogP contribution >= 0.6 is 0 Å². The maximum absolute atomic E-state index is 13.6. The Morgan fingerprint density at radius 2 is 1.74 bits per heavy atom. The van der Waals surface area contributed by atoms with E-state index in [4.69, 9.17) is 4.84 Å². The minimum absolute atomic E-state index is 0.344. The third kappa shape index (κ3) is 3.09. The molecular formula is C15H16FNO2. The van der Waals surface area contributed by atoms with E-state index in [1.165, 1.54) is 12.1 Å². The number of amides is 1. The Hall–Kier alpha value is -1.94. The molecule has 2 rings (SSSR count). The molecule has 0 saturated heterocycles. The second-order valence-electron chi connectivity index (χ2n) is 5.29. The summed E-state index contributed by atoms with van der Waals surface area (Å²) in [5.41, 5.74) is 2.30. The number of carbonyl (C=O) groups is 1. The molecule has 0 atom stereocenters. The Morgan fingerprint density at radius 1 is 1.11 bits per heavy atom. The summed E-state index contributed by atoms with van der Waals surface area (Å²) in [5, 5.41) is 0.989. The molecular weight excluding hydrogens is 245 g/mol. The highest BCUT2D eigenvalue weighted by Gasteiger charge is 2.16. The van der Waals surface area contributed by atoms with Crippen LogP contribution in [0.2, 0.25) is 0 Å². The van der Waals surface area contributed by atoms with Gasteiger partial charge >= 0.3 is 0 Å². The lowest BCUT2D eigenvalue weighted by Gasteiger charge is -2.19. The number of hydrogen-bond donors (Lipinski definition) is 1. The van der Waals surface area contributed by atoms with E-state index in [1.807, 2.05) is 20.8 Å². The zero-order valence-electron chi connectivity index (χ0n) is 11.2. The van der Waals surface area contributed by atoms with Gasteiger partial charge in [-0.2, -0.15) is 0 Å². The molecule has 1 N–H and O–H groups in total. The number of halogens is 1. The molecule has 0 radical (unpaired) electrons. The maximum Gasteiger partial charge on any atom is 0.275 e. The number of rotatable bonds is 2. The SMILES string of the molecule is CC(C)(C)ONC(=O)c1ccc(F)c2ccccc12. The molecule has 3 nitrogen and oxygen atoms in total. The van der Waals surface area contributed by atoms with Crippen LogP contribution in [-0.4, -0.2) is 11.5 Å². The summed E-state index contributed by atoms with van der Waals surface area (Å²) in [7, 11) is 0. The van der Waals surface area contributed by atoms with Gasteiger partial charge in [-0.05, 0) is 38.3 Å². The average molecular weight is 261 g/mol. The average Bonchev–Trinajstić information content (AvgIpc) is 2.36. The van der Waals surface area contributed by atoms with Gasteiger partial charge in [0.2, 0.25) is 0 Å². The van der Waals surface area contributed by atoms with E-state index in [2.05, 4.69) is 5.48 Å². The van der Waals surface area contributed by atoms with E-state index >= 15 is 0 Å². The quantitative estimate of drug-likeness (QED) is 0.841. The lowest BCUT2D eigenvalue weighted by Crippen LogP contribution is -2.33. The second-order valence-corrected chi connectivity index (χ2v) is 5.29. The molecule has 0 saturated carbocycles. The number of hydroxylamine groups is 1. The first kappa shape index (κ1) is 13.5. The zero-order valence-corrected chi connectivity index (χ0v) is 11.2. The van der Waals surface area contributed by atoms with Gasteiger partial charge in [0.25, 0.3) is 5.91 Å². The van der Waals surface area contributed by atoms with Gasteiger partial charge in [0.1, 0.15) is 5.82 Å². The van der Waals surface area contributed by atoms with Gasteiger partial charge in [-0.25, -0.2) is 9.87 Å². The van der Waals surface area contributed by atoms with Crippen molar-refractivity contribution in [2.24, 2.45) is 0 Å². The smallest absolute Gasteiger partial charge is 0.268 e. The van der Waals surface area contributed by atoms with E-state index in [9.17, 15) is 9.18 Å². The predicted molar refractivity (Wildman–Crippen MR) is 72.2 cm³/mol. The minimum Gasteiger partial charge on any atom is -0.268 e. The largest absolute Gasteiger partial charge is 0.275 e. The standard InChI is InChI=1S/C15H16FNO2/c1-15(2,3)19-17-14(18)12-8-9-13(16)11-7-5-4-6-10(11)12/h4-9H,1-3H3,(H,17,18). The van der Waals surface area contributed by atoms with Crippen molar-refractivity contribution in [3.63, 3.8) is 0 Å². The van der Waals surface area contributed by atoms with Crippen LogP contribution in [0.25, 0.3) is 10.8 Å². The van der Waals surface area contributed by atoms with E-state index < -0.39 is 5.60 Å². The highest BCUT2D eigenvalue weighted by molar-refractivity contribution is 6.06. The molecule has 0 aliphatic rings. The number of hydrogen-bond acceptors (Lipinski definition) is 2. The van der Waals surface area contributed by atoms with Crippen molar-refractivity contribution in [1.82, 2.24) is 5.48 Å². The Morgan fingerprint density at radius 3 is 2.37 bits per heavy atom. The van der Waals surface area contributed by atoms with Crippen molar-refractivity contribution < 1.29 is 14.0 Å². The first-order valence-corrected chi connectivity index (χ1v) is 6.04. The van der Waals surface area contributed by atoms with Gasteiger partial charge in [-0.3, -0.25) is 9.63 Å². The van der Waals surface area contributed by atoms with Crippen LogP contribution in [0.1, 0.15) is 31.1 Å². The van der Waals surface area contributed by atoms with Crippen molar-refractivity contribution in [2.45, 2.75) is 26.4 Å². The van der Waals surface area contributed by atoms with Crippen LogP contribution in [0.15, 0.2) is 36.4 Å². The second kappa shape index (κ2) is 4.97. The van der Waals surface area contributed by atoms with E-state index in [1.54, 1.807) is 24.3 Å². The summed E-state index contributed by atoms with van der Waals surface area (Å²) >= 11 is 0. The molecule has 0 aliphatic heterocycles. The molecule has 19 heavy (non-hydrogen) atoms. The fourth-order valence-electron chi connectivity index (χ4n) is 1.71. The Bertz CT molecular complexity index is 617. The predicted octanol–water partition coefficient (Wildman–Crippen LogP) is 3.44. The molecule has 1 amide bonds. The van der Waals surface area contributed by atoms with Crippen LogP contribution < -0.4 is 5.48 Å². The van der Waals surface area contributed by atoms with Crippen LogP contribution in [-0.2, 0) is 4.84 Å². The van der Waals surface area contributed by atoms with Gasteiger partial charge in [0, 0.05) is 10.9 Å². The van der Waals surface area contributed by atoms with Gasteiger partial charge in [-0.15, -0.1) is 0 Å². The number of nitrogens with one attached hydrogen (secondary N) is 1. The molecule has 0 aliphatic carbocycles. The Balaban J connectivity index is 2.35. The summed E-state index contributed by atoms with van der Waals surface area (Å²) in [5.74, 6) is -0.727. The third-order valence-corrected chi connectivity index (χ3v) is 2.57. The van der Waals surface area contributed by atoms with Gasteiger partial charge < -0.3 is 0 Å². The lowest BCUT2D eigenvalue weighted by atomic mass is 10.0. The van der Waals surface area contributed by atoms with Crippen LogP contribution in [0, 0.1) is 5.82 Å². The molecule has 0 unspecified atom stereocenters. The summed E-state index contributed by atoms with van der Waals surface area (Å²) in [4.78, 5) is 17.3. The van der Waals surface area contributed by atoms with Crippen molar-refractivity contribution in [2.75, 3.05) is 0 Å².